The number of nitrogens with zero attached hydrogens (tertiary/aromatic N) is 1. The molecular weight excluding hydrogens is 376 g/mol. The first kappa shape index (κ1) is 19.7. The molecule has 5 heteroatoms. The standard InChI is InChI=1S/C25H24N2O3/c1-3-29-21-15-19-20(16-22(21)30-4-2)27-25(28)23(19)24(17-11-7-5-8-12-17)26-18-13-9-6-10-14-18/h5-16,23H,3-4H2,1-2H3,(H,27,28). The number of carbonyl (C=O) groups excluding carboxylic acids is 1. The van der Waals surface area contributed by atoms with Crippen molar-refractivity contribution in [3.05, 3.63) is 83.9 Å². The van der Waals surface area contributed by atoms with Crippen LogP contribution in [0.5, 0.6) is 11.5 Å². The lowest BCUT2D eigenvalue weighted by Gasteiger charge is -2.16. The third-order valence-electron chi connectivity index (χ3n) is 4.90. The Morgan fingerprint density at radius 1 is 0.900 bits per heavy atom. The maximum Gasteiger partial charge on any atom is 0.238 e. The summed E-state index contributed by atoms with van der Waals surface area (Å²) < 4.78 is 11.5. The number of anilines is 1. The molecule has 5 nitrogen and oxygen atoms in total. The Bertz CT molecular complexity index is 1060. The van der Waals surface area contributed by atoms with Crippen LogP contribution in [0, 0.1) is 0 Å². The quantitative estimate of drug-likeness (QED) is 0.545. The van der Waals surface area contributed by atoms with Gasteiger partial charge in [-0.15, -0.1) is 0 Å². The van der Waals surface area contributed by atoms with Gasteiger partial charge in [0.15, 0.2) is 11.5 Å². The van der Waals surface area contributed by atoms with Crippen LogP contribution in [-0.4, -0.2) is 24.8 Å². The van der Waals surface area contributed by atoms with Crippen LogP contribution < -0.4 is 14.8 Å². The normalized spacial score (nSPS) is 15.5. The molecule has 1 aliphatic rings. The molecule has 1 amide bonds. The minimum absolute atomic E-state index is 0.111. The van der Waals surface area contributed by atoms with Crippen LogP contribution in [0.15, 0.2) is 77.8 Å². The lowest BCUT2D eigenvalue weighted by atomic mass is 9.90. The highest BCUT2D eigenvalue weighted by molar-refractivity contribution is 6.24. The van der Waals surface area contributed by atoms with Crippen LogP contribution in [0.25, 0.3) is 0 Å². The number of ether oxygens (including phenoxy) is 2. The number of carbonyl (C=O) groups is 1. The number of benzene rings is 3. The number of amides is 1. The summed E-state index contributed by atoms with van der Waals surface area (Å²) >= 11 is 0. The molecule has 1 atom stereocenters. The van der Waals surface area contributed by atoms with E-state index in [2.05, 4.69) is 5.32 Å². The van der Waals surface area contributed by atoms with Crippen LogP contribution >= 0.6 is 0 Å². The Morgan fingerprint density at radius 2 is 1.50 bits per heavy atom. The summed E-state index contributed by atoms with van der Waals surface area (Å²) in [5, 5.41) is 3.00. The minimum Gasteiger partial charge on any atom is -0.490 e. The van der Waals surface area contributed by atoms with Gasteiger partial charge in [0.05, 0.1) is 24.6 Å². The van der Waals surface area contributed by atoms with Crippen LogP contribution in [-0.2, 0) is 4.79 Å². The first-order valence-electron chi connectivity index (χ1n) is 10.1. The van der Waals surface area contributed by atoms with E-state index >= 15 is 0 Å². The van der Waals surface area contributed by atoms with Gasteiger partial charge in [-0.2, -0.15) is 0 Å². The van der Waals surface area contributed by atoms with Gasteiger partial charge in [0.25, 0.3) is 0 Å². The summed E-state index contributed by atoms with van der Waals surface area (Å²) in [6.45, 7) is 4.87. The van der Waals surface area contributed by atoms with Crippen molar-refractivity contribution in [2.45, 2.75) is 19.8 Å². The molecule has 1 aliphatic heterocycles. The van der Waals surface area contributed by atoms with E-state index in [0.29, 0.717) is 30.4 Å². The van der Waals surface area contributed by atoms with Crippen LogP contribution in [0.3, 0.4) is 0 Å². The topological polar surface area (TPSA) is 59.9 Å². The van der Waals surface area contributed by atoms with Gasteiger partial charge < -0.3 is 14.8 Å². The SMILES string of the molecule is CCOc1cc2c(cc1OCC)C(C(=Nc1ccccc1)c1ccccc1)C(=O)N2. The monoisotopic (exact) mass is 400 g/mol. The number of aliphatic imine (C=N–C) groups is 1. The molecule has 0 fully saturated rings. The molecule has 1 unspecified atom stereocenters. The zero-order valence-corrected chi connectivity index (χ0v) is 17.1. The van der Waals surface area contributed by atoms with Gasteiger partial charge in [0.1, 0.15) is 5.92 Å². The van der Waals surface area contributed by atoms with E-state index in [0.717, 1.165) is 22.5 Å². The van der Waals surface area contributed by atoms with E-state index in [9.17, 15) is 4.79 Å². The highest BCUT2D eigenvalue weighted by Crippen LogP contribution is 2.43. The number of para-hydroxylation sites is 1. The minimum atomic E-state index is -0.544. The number of rotatable bonds is 7. The third-order valence-corrected chi connectivity index (χ3v) is 4.90. The summed E-state index contributed by atoms with van der Waals surface area (Å²) in [4.78, 5) is 18.0. The fourth-order valence-electron chi connectivity index (χ4n) is 3.62. The molecular formula is C25H24N2O3. The van der Waals surface area contributed by atoms with E-state index in [1.165, 1.54) is 0 Å². The zero-order chi connectivity index (χ0) is 20.9. The van der Waals surface area contributed by atoms with Crippen LogP contribution in [0.1, 0.15) is 30.9 Å². The highest BCUT2D eigenvalue weighted by atomic mass is 16.5. The second-order valence-corrected chi connectivity index (χ2v) is 6.87. The molecule has 0 bridgehead atoms. The van der Waals surface area contributed by atoms with Gasteiger partial charge in [0.2, 0.25) is 5.91 Å². The van der Waals surface area contributed by atoms with Crippen molar-refractivity contribution < 1.29 is 14.3 Å². The third kappa shape index (κ3) is 3.92. The molecule has 3 aromatic carbocycles. The van der Waals surface area contributed by atoms with Crippen molar-refractivity contribution in [3.63, 3.8) is 0 Å². The summed E-state index contributed by atoms with van der Waals surface area (Å²) in [5.41, 5.74) is 3.97. The largest absolute Gasteiger partial charge is 0.490 e. The fraction of sp³-hybridized carbons (Fsp3) is 0.200. The van der Waals surface area contributed by atoms with Gasteiger partial charge in [-0.25, -0.2) is 0 Å². The molecule has 3 aromatic rings. The van der Waals surface area contributed by atoms with Crippen molar-refractivity contribution in [3.8, 4) is 11.5 Å². The molecule has 0 aliphatic carbocycles. The summed E-state index contributed by atoms with van der Waals surface area (Å²) in [6, 6.07) is 23.2. The molecule has 0 saturated heterocycles. The second kappa shape index (κ2) is 8.82. The highest BCUT2D eigenvalue weighted by Gasteiger charge is 2.36. The van der Waals surface area contributed by atoms with Crippen molar-refractivity contribution >= 4 is 23.0 Å². The number of hydrogen-bond acceptors (Lipinski definition) is 4. The smallest absolute Gasteiger partial charge is 0.238 e. The fourth-order valence-corrected chi connectivity index (χ4v) is 3.62. The van der Waals surface area contributed by atoms with E-state index in [1.807, 2.05) is 86.6 Å². The first-order valence-corrected chi connectivity index (χ1v) is 10.1. The summed E-state index contributed by atoms with van der Waals surface area (Å²) in [7, 11) is 0. The molecule has 0 spiro atoms. The molecule has 152 valence electrons. The van der Waals surface area contributed by atoms with E-state index in [-0.39, 0.29) is 5.91 Å². The lowest BCUT2D eigenvalue weighted by molar-refractivity contribution is -0.115. The Balaban J connectivity index is 1.86. The van der Waals surface area contributed by atoms with Gasteiger partial charge in [-0.05, 0) is 43.2 Å². The predicted molar refractivity (Wildman–Crippen MR) is 119 cm³/mol. The van der Waals surface area contributed by atoms with Crippen molar-refractivity contribution in [1.82, 2.24) is 0 Å². The summed E-state index contributed by atoms with van der Waals surface area (Å²) in [5.74, 6) is 0.601. The number of hydrogen-bond donors (Lipinski definition) is 1. The first-order chi connectivity index (χ1) is 14.7. The van der Waals surface area contributed by atoms with E-state index in [1.54, 1.807) is 0 Å². The van der Waals surface area contributed by atoms with Gasteiger partial charge in [-0.3, -0.25) is 9.79 Å². The number of fused-ring (bicyclic) bond motifs is 1. The molecule has 1 N–H and O–H groups in total. The Hall–Kier alpha value is -3.60. The van der Waals surface area contributed by atoms with E-state index < -0.39 is 5.92 Å². The molecule has 1 heterocycles. The predicted octanol–water partition coefficient (Wildman–Crippen LogP) is 5.34. The molecule has 30 heavy (non-hydrogen) atoms. The van der Waals surface area contributed by atoms with Crippen LogP contribution in [0.4, 0.5) is 11.4 Å². The van der Waals surface area contributed by atoms with Crippen molar-refractivity contribution in [2.75, 3.05) is 18.5 Å². The van der Waals surface area contributed by atoms with Gasteiger partial charge in [-0.1, -0.05) is 48.5 Å². The average molecular weight is 400 g/mol. The Morgan fingerprint density at radius 3 is 2.13 bits per heavy atom. The molecule has 0 aromatic heterocycles. The average Bonchev–Trinajstić information content (AvgIpc) is 3.08. The second-order valence-electron chi connectivity index (χ2n) is 6.87. The Kier molecular flexibility index (Phi) is 5.80. The summed E-state index contributed by atoms with van der Waals surface area (Å²) in [6.07, 6.45) is 0. The molecule has 4 rings (SSSR count). The Labute approximate surface area is 176 Å². The van der Waals surface area contributed by atoms with Gasteiger partial charge >= 0.3 is 0 Å². The number of nitrogens with one attached hydrogen (secondary N) is 1. The molecule has 0 radical (unpaired) electrons. The van der Waals surface area contributed by atoms with Gasteiger partial charge in [0, 0.05) is 11.8 Å². The molecule has 0 saturated carbocycles. The van der Waals surface area contributed by atoms with Crippen molar-refractivity contribution in [2.24, 2.45) is 4.99 Å². The van der Waals surface area contributed by atoms with E-state index in [4.69, 9.17) is 14.5 Å². The van der Waals surface area contributed by atoms with Crippen LogP contribution in [0.2, 0.25) is 0 Å². The lowest BCUT2D eigenvalue weighted by Crippen LogP contribution is -2.22. The van der Waals surface area contributed by atoms with Crippen molar-refractivity contribution in [1.29, 1.82) is 0 Å². The maximum absolute atomic E-state index is 13.1. The maximum atomic E-state index is 13.1. The zero-order valence-electron chi connectivity index (χ0n) is 17.1.